The van der Waals surface area contributed by atoms with Gasteiger partial charge in [0.1, 0.15) is 5.75 Å². The zero-order valence-corrected chi connectivity index (χ0v) is 13.0. The molecule has 4 heteroatoms. The van der Waals surface area contributed by atoms with E-state index in [0.29, 0.717) is 6.04 Å². The molecule has 2 aromatic rings. The van der Waals surface area contributed by atoms with Gasteiger partial charge in [0, 0.05) is 24.0 Å². The van der Waals surface area contributed by atoms with Crippen molar-refractivity contribution in [2.75, 3.05) is 13.7 Å². The van der Waals surface area contributed by atoms with E-state index in [1.165, 1.54) is 10.6 Å². The van der Waals surface area contributed by atoms with Crippen LogP contribution in [0.15, 0.2) is 35.8 Å². The number of rotatable bonds is 8. The van der Waals surface area contributed by atoms with Gasteiger partial charge in [-0.15, -0.1) is 11.3 Å². The van der Waals surface area contributed by atoms with E-state index in [1.807, 2.05) is 23.7 Å². The highest BCUT2D eigenvalue weighted by Gasteiger charge is 2.13. The molecule has 0 aliphatic heterocycles. The third-order valence-electron chi connectivity index (χ3n) is 3.25. The minimum Gasteiger partial charge on any atom is -0.496 e. The van der Waals surface area contributed by atoms with E-state index in [1.54, 1.807) is 18.4 Å². The van der Waals surface area contributed by atoms with Crippen molar-refractivity contribution in [2.24, 2.45) is 0 Å². The molecular formula is C16H22N2OS. The number of nitrogens with one attached hydrogen (secondary N) is 1. The third kappa shape index (κ3) is 4.32. The van der Waals surface area contributed by atoms with E-state index in [9.17, 15) is 0 Å². The van der Waals surface area contributed by atoms with Gasteiger partial charge < -0.3 is 10.1 Å². The number of thiazole rings is 1. The lowest BCUT2D eigenvalue weighted by Gasteiger charge is -2.19. The van der Waals surface area contributed by atoms with Gasteiger partial charge in [-0.3, -0.25) is 0 Å². The van der Waals surface area contributed by atoms with Crippen molar-refractivity contribution in [2.45, 2.75) is 32.2 Å². The number of nitrogens with zero attached hydrogens (tertiary/aromatic N) is 1. The molecule has 1 atom stereocenters. The Labute approximate surface area is 125 Å². The van der Waals surface area contributed by atoms with Crippen LogP contribution in [0.5, 0.6) is 5.75 Å². The lowest BCUT2D eigenvalue weighted by molar-refractivity contribution is 0.404. The molecule has 0 saturated heterocycles. The second kappa shape index (κ2) is 8.02. The Balaban J connectivity index is 2.06. The lowest BCUT2D eigenvalue weighted by Crippen LogP contribution is -2.33. The van der Waals surface area contributed by atoms with E-state index < -0.39 is 0 Å². The van der Waals surface area contributed by atoms with Crippen LogP contribution in [0.3, 0.4) is 0 Å². The molecule has 0 fully saturated rings. The standard InChI is InChI=1S/C16H22N2OS/c1-3-8-17-14(12-16-18-9-10-20-16)11-13-6-4-5-7-15(13)19-2/h4-7,9-10,14,17H,3,8,11-12H2,1-2H3. The summed E-state index contributed by atoms with van der Waals surface area (Å²) >= 11 is 1.72. The molecule has 1 N–H and O–H groups in total. The summed E-state index contributed by atoms with van der Waals surface area (Å²) in [4.78, 5) is 4.40. The largest absolute Gasteiger partial charge is 0.496 e. The third-order valence-corrected chi connectivity index (χ3v) is 4.05. The zero-order chi connectivity index (χ0) is 14.2. The second-order valence-corrected chi connectivity index (χ2v) is 5.78. The molecule has 1 unspecified atom stereocenters. The predicted octanol–water partition coefficient (Wildman–Crippen LogP) is 3.31. The predicted molar refractivity (Wildman–Crippen MR) is 84.6 cm³/mol. The van der Waals surface area contributed by atoms with Crippen molar-refractivity contribution in [3.05, 3.63) is 46.4 Å². The maximum absolute atomic E-state index is 5.45. The van der Waals surface area contributed by atoms with Crippen LogP contribution in [-0.4, -0.2) is 24.7 Å². The van der Waals surface area contributed by atoms with Crippen LogP contribution in [0.1, 0.15) is 23.9 Å². The Hall–Kier alpha value is -1.39. The highest BCUT2D eigenvalue weighted by molar-refractivity contribution is 7.09. The number of hydrogen-bond donors (Lipinski definition) is 1. The fourth-order valence-corrected chi connectivity index (χ4v) is 2.96. The van der Waals surface area contributed by atoms with Crippen LogP contribution in [0.25, 0.3) is 0 Å². The molecule has 1 aromatic carbocycles. The zero-order valence-electron chi connectivity index (χ0n) is 12.1. The average molecular weight is 290 g/mol. The van der Waals surface area contributed by atoms with Crippen molar-refractivity contribution in [1.82, 2.24) is 10.3 Å². The van der Waals surface area contributed by atoms with Gasteiger partial charge in [-0.25, -0.2) is 4.98 Å². The number of methoxy groups -OCH3 is 1. The molecular weight excluding hydrogens is 268 g/mol. The van der Waals surface area contributed by atoms with Gasteiger partial charge in [-0.1, -0.05) is 25.1 Å². The van der Waals surface area contributed by atoms with Crippen LogP contribution < -0.4 is 10.1 Å². The van der Waals surface area contributed by atoms with Gasteiger partial charge in [0.25, 0.3) is 0 Å². The molecule has 3 nitrogen and oxygen atoms in total. The second-order valence-electron chi connectivity index (χ2n) is 4.80. The molecule has 0 bridgehead atoms. The molecule has 0 aliphatic carbocycles. The fraction of sp³-hybridized carbons (Fsp3) is 0.438. The first-order valence-corrected chi connectivity index (χ1v) is 7.95. The average Bonchev–Trinajstić information content (AvgIpc) is 2.98. The van der Waals surface area contributed by atoms with E-state index >= 15 is 0 Å². The maximum Gasteiger partial charge on any atom is 0.122 e. The highest BCUT2D eigenvalue weighted by Crippen LogP contribution is 2.20. The molecule has 0 saturated carbocycles. The number of para-hydroxylation sites is 1. The van der Waals surface area contributed by atoms with Crippen LogP contribution in [-0.2, 0) is 12.8 Å². The lowest BCUT2D eigenvalue weighted by atomic mass is 10.0. The maximum atomic E-state index is 5.45. The van der Waals surface area contributed by atoms with Crippen molar-refractivity contribution >= 4 is 11.3 Å². The summed E-state index contributed by atoms with van der Waals surface area (Å²) in [5.41, 5.74) is 1.25. The van der Waals surface area contributed by atoms with Gasteiger partial charge in [0.05, 0.1) is 12.1 Å². The minimum absolute atomic E-state index is 0.400. The first-order valence-electron chi connectivity index (χ1n) is 7.07. The monoisotopic (exact) mass is 290 g/mol. The first-order chi connectivity index (χ1) is 9.83. The summed E-state index contributed by atoms with van der Waals surface area (Å²) < 4.78 is 5.45. The number of hydrogen-bond acceptors (Lipinski definition) is 4. The van der Waals surface area contributed by atoms with Gasteiger partial charge in [0.2, 0.25) is 0 Å². The Bertz CT molecular complexity index is 499. The molecule has 20 heavy (non-hydrogen) atoms. The summed E-state index contributed by atoms with van der Waals surface area (Å²) in [6.07, 6.45) is 4.94. The van der Waals surface area contributed by atoms with E-state index in [0.717, 1.165) is 31.6 Å². The fourth-order valence-electron chi connectivity index (χ4n) is 2.27. The summed E-state index contributed by atoms with van der Waals surface area (Å²) in [5, 5.41) is 6.84. The smallest absolute Gasteiger partial charge is 0.122 e. The normalized spacial score (nSPS) is 12.3. The Morgan fingerprint density at radius 3 is 2.85 bits per heavy atom. The highest BCUT2D eigenvalue weighted by atomic mass is 32.1. The van der Waals surface area contributed by atoms with E-state index in [4.69, 9.17) is 4.74 Å². The summed E-state index contributed by atoms with van der Waals surface area (Å²) in [7, 11) is 1.73. The number of aromatic nitrogens is 1. The summed E-state index contributed by atoms with van der Waals surface area (Å²) in [6, 6.07) is 8.64. The molecule has 1 heterocycles. The summed E-state index contributed by atoms with van der Waals surface area (Å²) in [5.74, 6) is 0.968. The molecule has 0 amide bonds. The molecule has 0 spiro atoms. The Morgan fingerprint density at radius 1 is 1.30 bits per heavy atom. The molecule has 1 aromatic heterocycles. The molecule has 108 valence electrons. The minimum atomic E-state index is 0.400. The van der Waals surface area contributed by atoms with Gasteiger partial charge >= 0.3 is 0 Å². The number of benzene rings is 1. The first kappa shape index (κ1) is 15.0. The summed E-state index contributed by atoms with van der Waals surface area (Å²) in [6.45, 7) is 3.22. The molecule has 2 rings (SSSR count). The molecule has 0 aliphatic rings. The quantitative estimate of drug-likeness (QED) is 0.810. The van der Waals surface area contributed by atoms with Crippen molar-refractivity contribution < 1.29 is 4.74 Å². The SMILES string of the molecule is CCCNC(Cc1nccs1)Cc1ccccc1OC. The number of ether oxygens (including phenoxy) is 1. The van der Waals surface area contributed by atoms with E-state index in [-0.39, 0.29) is 0 Å². The van der Waals surface area contributed by atoms with Gasteiger partial charge in [-0.05, 0) is 31.0 Å². The molecule has 0 radical (unpaired) electrons. The van der Waals surface area contributed by atoms with Crippen LogP contribution >= 0.6 is 11.3 Å². The van der Waals surface area contributed by atoms with Gasteiger partial charge in [-0.2, -0.15) is 0 Å². The van der Waals surface area contributed by atoms with E-state index in [2.05, 4.69) is 29.4 Å². The van der Waals surface area contributed by atoms with Crippen LogP contribution in [0, 0.1) is 0 Å². The van der Waals surface area contributed by atoms with Crippen LogP contribution in [0.2, 0.25) is 0 Å². The van der Waals surface area contributed by atoms with Crippen LogP contribution in [0.4, 0.5) is 0 Å². The topological polar surface area (TPSA) is 34.2 Å². The Kier molecular flexibility index (Phi) is 6.02. The Morgan fingerprint density at radius 2 is 2.15 bits per heavy atom. The van der Waals surface area contributed by atoms with Crippen molar-refractivity contribution in [1.29, 1.82) is 0 Å². The van der Waals surface area contributed by atoms with Crippen molar-refractivity contribution in [3.63, 3.8) is 0 Å². The van der Waals surface area contributed by atoms with Gasteiger partial charge in [0.15, 0.2) is 0 Å². The van der Waals surface area contributed by atoms with Crippen molar-refractivity contribution in [3.8, 4) is 5.75 Å².